The Kier molecular flexibility index (Phi) is 7.27. The smallest absolute Gasteiger partial charge is 0.339 e. The monoisotopic (exact) mass is 521 g/mol. The van der Waals surface area contributed by atoms with Crippen molar-refractivity contribution in [1.29, 1.82) is 0 Å². The van der Waals surface area contributed by atoms with Crippen LogP contribution >= 0.6 is 0 Å². The lowest BCUT2D eigenvalue weighted by molar-refractivity contribution is -0.140. The van der Waals surface area contributed by atoms with E-state index in [1.165, 1.54) is 0 Å². The minimum absolute atomic E-state index is 0.0436. The molecule has 2 aromatic heterocycles. The molecule has 194 valence electrons. The number of ether oxygens (including phenoxy) is 1. The summed E-state index contributed by atoms with van der Waals surface area (Å²) in [6, 6.07) is 19.1. The molecule has 0 spiro atoms. The summed E-state index contributed by atoms with van der Waals surface area (Å²) >= 11 is 0. The number of aromatic nitrogens is 2. The molecule has 8 nitrogen and oxygen atoms in total. The Morgan fingerprint density at radius 3 is 2.41 bits per heavy atom. The lowest BCUT2D eigenvalue weighted by Crippen LogP contribution is -2.18. The molecule has 0 bridgehead atoms. The van der Waals surface area contributed by atoms with Crippen molar-refractivity contribution >= 4 is 27.6 Å². The summed E-state index contributed by atoms with van der Waals surface area (Å²) in [6.45, 7) is 10.1. The van der Waals surface area contributed by atoms with E-state index in [1.54, 1.807) is 49.4 Å². The first-order valence-corrected chi connectivity index (χ1v) is 13.4. The number of nitrogens with one attached hydrogen (secondary N) is 1. The first-order valence-electron chi connectivity index (χ1n) is 12.0. The standard InChI is InChI=1S/C28H31N3O5S/c1-6-35-25(32)18-29-27-26(30-24-12-7-9-19(2)31(24)27)20-10-8-11-22(17-20)36-37(33,34)23-15-13-21(14-16-23)28(3,4)5/h7-17,29H,6,18H2,1-5H3. The Bertz CT molecular complexity index is 1530. The molecule has 0 atom stereocenters. The summed E-state index contributed by atoms with van der Waals surface area (Å²) in [7, 11) is -4.05. The second-order valence-corrected chi connectivity index (χ2v) is 11.2. The van der Waals surface area contributed by atoms with E-state index >= 15 is 0 Å². The summed E-state index contributed by atoms with van der Waals surface area (Å²) in [5, 5.41) is 3.14. The van der Waals surface area contributed by atoms with Crippen LogP contribution in [0.5, 0.6) is 5.75 Å². The van der Waals surface area contributed by atoms with Crippen LogP contribution in [0.1, 0.15) is 39.0 Å². The Morgan fingerprint density at radius 1 is 1.03 bits per heavy atom. The van der Waals surface area contributed by atoms with Crippen LogP contribution in [0.25, 0.3) is 16.9 Å². The molecule has 2 aromatic carbocycles. The maximum atomic E-state index is 13.0. The number of esters is 1. The zero-order valence-electron chi connectivity index (χ0n) is 21.6. The summed E-state index contributed by atoms with van der Waals surface area (Å²) in [5.41, 5.74) is 3.71. The normalized spacial score (nSPS) is 11.9. The van der Waals surface area contributed by atoms with Gasteiger partial charge in [-0.1, -0.05) is 51.1 Å². The van der Waals surface area contributed by atoms with E-state index in [4.69, 9.17) is 13.9 Å². The third-order valence-electron chi connectivity index (χ3n) is 5.87. The van der Waals surface area contributed by atoms with Gasteiger partial charge in [-0.25, -0.2) is 4.98 Å². The molecule has 0 radical (unpaired) electrons. The van der Waals surface area contributed by atoms with Crippen LogP contribution in [-0.4, -0.2) is 36.9 Å². The molecule has 2 heterocycles. The summed E-state index contributed by atoms with van der Waals surface area (Å²) < 4.78 is 38.4. The second-order valence-electron chi connectivity index (χ2n) is 9.67. The third kappa shape index (κ3) is 5.77. The molecular weight excluding hydrogens is 490 g/mol. The van der Waals surface area contributed by atoms with E-state index in [1.807, 2.05) is 35.6 Å². The molecule has 0 aliphatic carbocycles. The number of carbonyl (C=O) groups excluding carboxylic acids is 1. The molecule has 9 heteroatoms. The fourth-order valence-corrected chi connectivity index (χ4v) is 4.90. The van der Waals surface area contributed by atoms with Crippen molar-refractivity contribution < 1.29 is 22.1 Å². The topological polar surface area (TPSA) is 99.0 Å². The predicted octanol–water partition coefficient (Wildman–Crippen LogP) is 5.35. The largest absolute Gasteiger partial charge is 0.465 e. The maximum absolute atomic E-state index is 13.0. The van der Waals surface area contributed by atoms with E-state index < -0.39 is 16.1 Å². The quantitative estimate of drug-likeness (QED) is 0.246. The van der Waals surface area contributed by atoms with Gasteiger partial charge < -0.3 is 14.2 Å². The van der Waals surface area contributed by atoms with Crippen molar-refractivity contribution in [3.8, 4) is 17.0 Å². The highest BCUT2D eigenvalue weighted by Crippen LogP contribution is 2.33. The van der Waals surface area contributed by atoms with Crippen molar-refractivity contribution in [3.05, 3.63) is 78.0 Å². The zero-order chi connectivity index (χ0) is 26.8. The van der Waals surface area contributed by atoms with Crippen molar-refractivity contribution in [3.63, 3.8) is 0 Å². The Hall–Kier alpha value is -3.85. The average Bonchev–Trinajstić information content (AvgIpc) is 3.22. The molecule has 0 unspecified atom stereocenters. The number of pyridine rings is 1. The lowest BCUT2D eigenvalue weighted by atomic mass is 9.87. The van der Waals surface area contributed by atoms with Gasteiger partial charge in [-0.3, -0.25) is 9.20 Å². The van der Waals surface area contributed by atoms with Gasteiger partial charge >= 0.3 is 16.1 Å². The maximum Gasteiger partial charge on any atom is 0.339 e. The first-order chi connectivity index (χ1) is 17.5. The van der Waals surface area contributed by atoms with Crippen LogP contribution in [0.4, 0.5) is 5.82 Å². The molecule has 0 saturated carbocycles. The number of hydrogen-bond donors (Lipinski definition) is 1. The highest BCUT2D eigenvalue weighted by atomic mass is 32.2. The van der Waals surface area contributed by atoms with Crippen LogP contribution in [0.15, 0.2) is 71.6 Å². The van der Waals surface area contributed by atoms with Gasteiger partial charge in [0.15, 0.2) is 0 Å². The highest BCUT2D eigenvalue weighted by Gasteiger charge is 2.21. The molecule has 37 heavy (non-hydrogen) atoms. The summed E-state index contributed by atoms with van der Waals surface area (Å²) in [4.78, 5) is 16.8. The number of hydrogen-bond acceptors (Lipinski definition) is 7. The molecule has 0 aliphatic rings. The molecule has 4 rings (SSSR count). The number of carbonyl (C=O) groups is 1. The van der Waals surface area contributed by atoms with Crippen molar-refractivity contribution in [2.45, 2.75) is 44.9 Å². The van der Waals surface area contributed by atoms with Gasteiger partial charge in [-0.15, -0.1) is 0 Å². The highest BCUT2D eigenvalue weighted by molar-refractivity contribution is 7.87. The van der Waals surface area contributed by atoms with Crippen molar-refractivity contribution in [2.75, 3.05) is 18.5 Å². The van der Waals surface area contributed by atoms with E-state index in [9.17, 15) is 13.2 Å². The molecule has 0 aliphatic heterocycles. The van der Waals surface area contributed by atoms with Crippen LogP contribution < -0.4 is 9.50 Å². The molecule has 1 N–H and O–H groups in total. The zero-order valence-corrected chi connectivity index (χ0v) is 22.4. The number of fused-ring (bicyclic) bond motifs is 1. The number of rotatable bonds is 8. The third-order valence-corrected chi connectivity index (χ3v) is 7.13. The number of anilines is 1. The number of aryl methyl sites for hydroxylation is 1. The SMILES string of the molecule is CCOC(=O)CNc1c(-c2cccc(OS(=O)(=O)c3ccc(C(C)(C)C)cc3)c2)nc2cccc(C)n12. The van der Waals surface area contributed by atoms with Crippen molar-refractivity contribution in [1.82, 2.24) is 9.38 Å². The first kappa shape index (κ1) is 26.2. The van der Waals surface area contributed by atoms with Crippen molar-refractivity contribution in [2.24, 2.45) is 0 Å². The average molecular weight is 522 g/mol. The van der Waals surface area contributed by atoms with Gasteiger partial charge in [0.2, 0.25) is 0 Å². The Labute approximate surface area is 217 Å². The Balaban J connectivity index is 1.68. The van der Waals surface area contributed by atoms with Gasteiger partial charge in [0, 0.05) is 11.3 Å². The van der Waals surface area contributed by atoms with E-state index in [0.29, 0.717) is 22.7 Å². The number of imidazole rings is 1. The van der Waals surface area contributed by atoms with Gasteiger partial charge in [-0.05, 0) is 61.2 Å². The van der Waals surface area contributed by atoms with Gasteiger partial charge in [0.05, 0.1) is 6.61 Å². The number of benzene rings is 2. The van der Waals surface area contributed by atoms with E-state index in [-0.39, 0.29) is 29.2 Å². The van der Waals surface area contributed by atoms with E-state index in [2.05, 4.69) is 26.1 Å². The molecule has 0 saturated heterocycles. The lowest BCUT2D eigenvalue weighted by Gasteiger charge is -2.19. The van der Waals surface area contributed by atoms with E-state index in [0.717, 1.165) is 11.3 Å². The predicted molar refractivity (Wildman–Crippen MR) is 143 cm³/mol. The summed E-state index contributed by atoms with van der Waals surface area (Å²) in [6.07, 6.45) is 0. The van der Waals surface area contributed by atoms with Gasteiger partial charge in [0.1, 0.15) is 34.3 Å². The van der Waals surface area contributed by atoms with Gasteiger partial charge in [-0.2, -0.15) is 8.42 Å². The van der Waals surface area contributed by atoms with Crippen LogP contribution in [0, 0.1) is 6.92 Å². The summed E-state index contributed by atoms with van der Waals surface area (Å²) in [5.74, 6) is 0.360. The van der Waals surface area contributed by atoms with Crippen LogP contribution in [-0.2, 0) is 25.1 Å². The fourth-order valence-electron chi connectivity index (χ4n) is 3.98. The Morgan fingerprint density at radius 2 is 1.73 bits per heavy atom. The minimum atomic E-state index is -4.05. The molecular formula is C28H31N3O5S. The molecule has 0 fully saturated rings. The second kappa shape index (κ2) is 10.3. The van der Waals surface area contributed by atoms with Crippen LogP contribution in [0.2, 0.25) is 0 Å². The minimum Gasteiger partial charge on any atom is -0.465 e. The molecule has 0 amide bonds. The number of nitrogens with zero attached hydrogens (tertiary/aromatic N) is 2. The molecule has 4 aromatic rings. The fraction of sp³-hybridized carbons (Fsp3) is 0.286. The van der Waals surface area contributed by atoms with Gasteiger partial charge in [0.25, 0.3) is 0 Å². The van der Waals surface area contributed by atoms with Crippen LogP contribution in [0.3, 0.4) is 0 Å².